The van der Waals surface area contributed by atoms with Crippen molar-refractivity contribution in [2.75, 3.05) is 13.2 Å². The molecule has 0 radical (unpaired) electrons. The molecule has 0 aromatic carbocycles. The van der Waals surface area contributed by atoms with Crippen molar-refractivity contribution in [2.45, 2.75) is 112 Å². The molecule has 0 unspecified atom stereocenters. The highest BCUT2D eigenvalue weighted by molar-refractivity contribution is 5.61. The van der Waals surface area contributed by atoms with Crippen LogP contribution in [0.15, 0.2) is 23.8 Å². The van der Waals surface area contributed by atoms with Crippen LogP contribution in [0.5, 0.6) is 0 Å². The normalized spacial score (nSPS) is 37.7. The van der Waals surface area contributed by atoms with E-state index in [0.29, 0.717) is 29.6 Å². The van der Waals surface area contributed by atoms with E-state index in [-0.39, 0.29) is 18.6 Å². The van der Waals surface area contributed by atoms with E-state index >= 15 is 0 Å². The third-order valence-electron chi connectivity index (χ3n) is 10.9. The quantitative estimate of drug-likeness (QED) is 0.271. The van der Waals surface area contributed by atoms with Crippen molar-refractivity contribution >= 4 is 12.3 Å². The lowest BCUT2D eigenvalue weighted by Gasteiger charge is -2.58. The number of carbonyl (C=O) groups excluding carboxylic acids is 2. The van der Waals surface area contributed by atoms with Crippen molar-refractivity contribution in [3.05, 3.63) is 23.8 Å². The molecular formula is C33H52O6. The molecule has 0 aliphatic heterocycles. The van der Waals surface area contributed by atoms with E-state index in [1.165, 1.54) is 38.5 Å². The van der Waals surface area contributed by atoms with Gasteiger partial charge in [-0.05, 0) is 92.1 Å². The Morgan fingerprint density at radius 1 is 0.949 bits per heavy atom. The summed E-state index contributed by atoms with van der Waals surface area (Å²) in [6.07, 6.45) is 13.7. The standard InChI is InChI=1S/C33H52O6/c1-8-36-30(34)38-24-19-23-13-14-25-27-16-15-26(22(5)12-10-11-21(3)4)32(27,6)18-17-28(25)33(23,7)29(20-24)39-31(35)37-9-2/h13-14,19,21-22,24-29H,8-12,15-18,20H2,1-7H3/t22-,24+,25+,26-,27+,28+,29+,32-,33+/m1/s1. The third-order valence-corrected chi connectivity index (χ3v) is 10.9. The average Bonchev–Trinajstić information content (AvgIpc) is 3.22. The Balaban J connectivity index is 1.59. The van der Waals surface area contributed by atoms with Crippen LogP contribution in [0.2, 0.25) is 0 Å². The summed E-state index contributed by atoms with van der Waals surface area (Å²) < 4.78 is 21.9. The fourth-order valence-corrected chi connectivity index (χ4v) is 8.98. The van der Waals surface area contributed by atoms with Gasteiger partial charge < -0.3 is 18.9 Å². The smallest absolute Gasteiger partial charge is 0.435 e. The number of rotatable bonds is 9. The monoisotopic (exact) mass is 544 g/mol. The predicted octanol–water partition coefficient (Wildman–Crippen LogP) is 8.50. The van der Waals surface area contributed by atoms with Crippen molar-refractivity contribution in [3.8, 4) is 0 Å². The summed E-state index contributed by atoms with van der Waals surface area (Å²) in [5.74, 6) is 3.76. The molecule has 4 aliphatic carbocycles. The molecule has 0 aromatic rings. The Morgan fingerprint density at radius 3 is 2.31 bits per heavy atom. The van der Waals surface area contributed by atoms with E-state index in [1.54, 1.807) is 13.8 Å². The zero-order valence-corrected chi connectivity index (χ0v) is 25.4. The molecule has 9 atom stereocenters. The second kappa shape index (κ2) is 12.3. The first-order valence-corrected chi connectivity index (χ1v) is 15.6. The first-order chi connectivity index (χ1) is 18.5. The SMILES string of the molecule is CCOC(=O)O[C@H]1C[C@@H](OC(=O)OCC)C=C2C=C[C@H]3[C@@H]4CC[C@H]([C@H](C)CCCC(C)C)[C@@]4(C)CC[C@@H]3[C@]21C. The lowest BCUT2D eigenvalue weighted by Crippen LogP contribution is -2.55. The second-order valence-electron chi connectivity index (χ2n) is 13.4. The van der Waals surface area contributed by atoms with Gasteiger partial charge in [0.2, 0.25) is 0 Å². The highest BCUT2D eigenvalue weighted by Crippen LogP contribution is 2.66. The lowest BCUT2D eigenvalue weighted by atomic mass is 9.47. The number of fused-ring (bicyclic) bond motifs is 5. The van der Waals surface area contributed by atoms with Gasteiger partial charge in [-0.3, -0.25) is 0 Å². The zero-order valence-electron chi connectivity index (χ0n) is 25.4. The molecule has 0 heterocycles. The van der Waals surface area contributed by atoms with Gasteiger partial charge in [-0.2, -0.15) is 0 Å². The molecule has 4 aliphatic rings. The summed E-state index contributed by atoms with van der Waals surface area (Å²) in [5, 5.41) is 0. The van der Waals surface area contributed by atoms with Crippen LogP contribution in [0.25, 0.3) is 0 Å². The summed E-state index contributed by atoms with van der Waals surface area (Å²) >= 11 is 0. The van der Waals surface area contributed by atoms with E-state index in [0.717, 1.165) is 29.7 Å². The van der Waals surface area contributed by atoms with E-state index < -0.39 is 24.5 Å². The number of ether oxygens (including phenoxy) is 4. The molecule has 0 aromatic heterocycles. The van der Waals surface area contributed by atoms with Crippen LogP contribution in [-0.2, 0) is 18.9 Å². The van der Waals surface area contributed by atoms with Crippen molar-refractivity contribution in [3.63, 3.8) is 0 Å². The van der Waals surface area contributed by atoms with Gasteiger partial charge in [-0.25, -0.2) is 9.59 Å². The zero-order chi connectivity index (χ0) is 28.4. The first kappa shape index (κ1) is 30.0. The van der Waals surface area contributed by atoms with Crippen molar-refractivity contribution in [2.24, 2.45) is 46.3 Å². The molecule has 0 bridgehead atoms. The molecule has 6 nitrogen and oxygen atoms in total. The van der Waals surface area contributed by atoms with Gasteiger partial charge in [0.1, 0.15) is 12.2 Å². The van der Waals surface area contributed by atoms with Gasteiger partial charge in [0.15, 0.2) is 0 Å². The van der Waals surface area contributed by atoms with Gasteiger partial charge in [0, 0.05) is 11.8 Å². The van der Waals surface area contributed by atoms with E-state index in [9.17, 15) is 9.59 Å². The van der Waals surface area contributed by atoms with Gasteiger partial charge in [-0.15, -0.1) is 0 Å². The van der Waals surface area contributed by atoms with Crippen LogP contribution >= 0.6 is 0 Å². The minimum absolute atomic E-state index is 0.254. The Morgan fingerprint density at radius 2 is 1.64 bits per heavy atom. The van der Waals surface area contributed by atoms with Gasteiger partial charge in [0.05, 0.1) is 13.2 Å². The molecule has 0 spiro atoms. The molecule has 2 saturated carbocycles. The molecule has 39 heavy (non-hydrogen) atoms. The number of hydrogen-bond acceptors (Lipinski definition) is 6. The first-order valence-electron chi connectivity index (χ1n) is 15.6. The van der Waals surface area contributed by atoms with Crippen molar-refractivity contribution in [1.82, 2.24) is 0 Å². The minimum atomic E-state index is -0.691. The second-order valence-corrected chi connectivity index (χ2v) is 13.4. The number of hydrogen-bond donors (Lipinski definition) is 0. The molecule has 6 heteroatoms. The Labute approximate surface area is 236 Å². The highest BCUT2D eigenvalue weighted by Gasteiger charge is 2.61. The van der Waals surface area contributed by atoms with Crippen molar-refractivity contribution in [1.29, 1.82) is 0 Å². The fourth-order valence-electron chi connectivity index (χ4n) is 8.98. The van der Waals surface area contributed by atoms with Gasteiger partial charge in [0.25, 0.3) is 0 Å². The van der Waals surface area contributed by atoms with E-state index in [1.807, 2.05) is 0 Å². The molecule has 220 valence electrons. The molecule has 0 amide bonds. The van der Waals surface area contributed by atoms with Crippen LogP contribution < -0.4 is 0 Å². The molecule has 2 fully saturated rings. The summed E-state index contributed by atoms with van der Waals surface area (Å²) in [7, 11) is 0. The van der Waals surface area contributed by atoms with Crippen molar-refractivity contribution < 1.29 is 28.5 Å². The summed E-state index contributed by atoms with van der Waals surface area (Å²) in [6.45, 7) is 16.0. The Bertz CT molecular complexity index is 938. The van der Waals surface area contributed by atoms with Crippen LogP contribution in [0.4, 0.5) is 9.59 Å². The molecular weight excluding hydrogens is 492 g/mol. The summed E-state index contributed by atoms with van der Waals surface area (Å²) in [5.41, 5.74) is 1.09. The maximum atomic E-state index is 12.6. The Kier molecular flexibility index (Phi) is 9.43. The van der Waals surface area contributed by atoms with E-state index in [4.69, 9.17) is 18.9 Å². The minimum Gasteiger partial charge on any atom is -0.435 e. The number of allylic oxidation sites excluding steroid dienone is 2. The largest absolute Gasteiger partial charge is 0.508 e. The van der Waals surface area contributed by atoms with Crippen LogP contribution in [0, 0.1) is 46.3 Å². The van der Waals surface area contributed by atoms with Gasteiger partial charge >= 0.3 is 12.3 Å². The predicted molar refractivity (Wildman–Crippen MR) is 152 cm³/mol. The topological polar surface area (TPSA) is 71.1 Å². The fraction of sp³-hybridized carbons (Fsp3) is 0.818. The summed E-state index contributed by atoms with van der Waals surface area (Å²) in [6, 6.07) is 0. The lowest BCUT2D eigenvalue weighted by molar-refractivity contribution is -0.0984. The maximum absolute atomic E-state index is 12.6. The summed E-state index contributed by atoms with van der Waals surface area (Å²) in [4.78, 5) is 24.7. The molecule has 0 saturated heterocycles. The van der Waals surface area contributed by atoms with Gasteiger partial charge in [-0.1, -0.05) is 66.0 Å². The third kappa shape index (κ3) is 5.91. The molecule has 0 N–H and O–H groups in total. The highest BCUT2D eigenvalue weighted by atomic mass is 16.7. The molecule has 4 rings (SSSR count). The Hall–Kier alpha value is -1.98. The maximum Gasteiger partial charge on any atom is 0.508 e. The van der Waals surface area contributed by atoms with Crippen LogP contribution in [0.1, 0.15) is 99.8 Å². The van der Waals surface area contributed by atoms with Crippen LogP contribution in [-0.4, -0.2) is 37.7 Å². The van der Waals surface area contributed by atoms with E-state index in [2.05, 4.69) is 52.8 Å². The number of carbonyl (C=O) groups is 2. The van der Waals surface area contributed by atoms with Crippen LogP contribution in [0.3, 0.4) is 0 Å². The average molecular weight is 545 g/mol.